The van der Waals surface area contributed by atoms with E-state index in [9.17, 15) is 40.3 Å². The van der Waals surface area contributed by atoms with Crippen molar-refractivity contribution in [3.63, 3.8) is 0 Å². The second-order valence-electron chi connectivity index (χ2n) is 12.5. The third kappa shape index (κ3) is 8.69. The molecule has 0 saturated carbocycles. The minimum absolute atomic E-state index is 0.104. The lowest BCUT2D eigenvalue weighted by Gasteiger charge is -2.20. The number of benzene rings is 4. The summed E-state index contributed by atoms with van der Waals surface area (Å²) in [5.41, 5.74) is 12.3. The molecule has 0 saturated heterocycles. The van der Waals surface area contributed by atoms with Gasteiger partial charge in [0, 0.05) is 17.3 Å². The number of para-hydroxylation sites is 1. The largest absolute Gasteiger partial charge is 0.480 e. The number of imidazole rings is 1. The van der Waals surface area contributed by atoms with E-state index in [1.165, 1.54) is 30.4 Å². The molecule has 20 nitrogen and oxygen atoms in total. The van der Waals surface area contributed by atoms with Gasteiger partial charge in [0.15, 0.2) is 5.71 Å². The highest BCUT2D eigenvalue weighted by Crippen LogP contribution is 2.41. The summed E-state index contributed by atoms with van der Waals surface area (Å²) in [6.45, 7) is -0.343. The molecule has 59 heavy (non-hydrogen) atoms. The summed E-state index contributed by atoms with van der Waals surface area (Å²) in [4.78, 5) is 42.8. The Bertz CT molecular complexity index is 3010. The number of Topliss-reactive ketones (excluding diaryl/α,β-unsaturated/α-hetero) is 1. The van der Waals surface area contributed by atoms with E-state index in [1.54, 1.807) is 60.7 Å². The van der Waals surface area contributed by atoms with E-state index >= 15 is 0 Å². The number of fused-ring (bicyclic) bond motifs is 2. The van der Waals surface area contributed by atoms with E-state index in [1.807, 2.05) is 0 Å². The number of carboxylic acids is 1. The van der Waals surface area contributed by atoms with Crippen LogP contribution in [0.3, 0.4) is 0 Å². The zero-order valence-electron chi connectivity index (χ0n) is 29.9. The lowest BCUT2D eigenvalue weighted by Crippen LogP contribution is -2.28. The molecule has 0 fully saturated rings. The van der Waals surface area contributed by atoms with Gasteiger partial charge in [-0.2, -0.15) is 32.2 Å². The number of hydrogen-bond acceptors (Lipinski definition) is 16. The summed E-state index contributed by atoms with van der Waals surface area (Å²) >= 11 is 0. The number of anilines is 3. The maximum atomic E-state index is 13.7. The molecule has 298 valence electrons. The van der Waals surface area contributed by atoms with Gasteiger partial charge in [-0.3, -0.25) is 34.3 Å². The minimum atomic E-state index is -5.09. The van der Waals surface area contributed by atoms with Crippen molar-refractivity contribution in [3.05, 3.63) is 119 Å². The number of allylic oxidation sites excluding steroid dienone is 4. The van der Waals surface area contributed by atoms with Gasteiger partial charge in [0.25, 0.3) is 20.2 Å². The van der Waals surface area contributed by atoms with Crippen LogP contribution in [0.5, 0.6) is 0 Å². The summed E-state index contributed by atoms with van der Waals surface area (Å²) in [6.07, 6.45) is 5.02. The van der Waals surface area contributed by atoms with Crippen molar-refractivity contribution in [1.29, 1.82) is 0 Å². The summed E-state index contributed by atoms with van der Waals surface area (Å²) < 4.78 is 69.6. The van der Waals surface area contributed by atoms with Crippen LogP contribution in [0.4, 0.5) is 28.4 Å². The highest BCUT2D eigenvalue weighted by molar-refractivity contribution is 7.91. The fraction of sp³-hybridized carbons (Fsp3) is 0.0270. The Morgan fingerprint density at radius 2 is 1.56 bits per heavy atom. The molecule has 4 aromatic carbocycles. The van der Waals surface area contributed by atoms with Crippen molar-refractivity contribution in [2.45, 2.75) is 4.90 Å². The van der Waals surface area contributed by atoms with Gasteiger partial charge >= 0.3 is 5.97 Å². The number of nitrogens with one attached hydrogen (secondary N) is 4. The standard InChI is InChI=1S/C37H28N10O10S2/c38-33-32-20(15-30(59(55,56)57)35(36(32)51)47-42-21-4-2-1-3-5-21)14-29(58(52,53)54)34(33)46-43-22-8-6-19(7-9-22)37-40-25-12-11-24(16-27(25)41-37)44-45-26-13-10-23(17-28(26)48)39-18-31(49)50/h1-17,39,42,44H,18,38H2,(H,40,41)(H,49,50)(H,52,53,54)(H,55,56,57)/b45-26-,46-43?,47-35+. The van der Waals surface area contributed by atoms with Crippen molar-refractivity contribution < 1.29 is 45.4 Å². The quantitative estimate of drug-likeness (QED) is 0.0274. The Labute approximate surface area is 333 Å². The lowest BCUT2D eigenvalue weighted by molar-refractivity contribution is -0.135. The number of carboxylic acid groups (broad SMARTS) is 1. The number of nitrogen functional groups attached to an aromatic ring is 1. The number of rotatable bonds is 12. The van der Waals surface area contributed by atoms with Crippen LogP contribution in [-0.2, 0) is 29.8 Å². The van der Waals surface area contributed by atoms with Crippen LogP contribution < -0.4 is 21.9 Å². The van der Waals surface area contributed by atoms with Gasteiger partial charge in [-0.05, 0) is 84.5 Å². The molecule has 1 aromatic heterocycles. The van der Waals surface area contributed by atoms with Gasteiger partial charge in [-0.25, -0.2) is 4.98 Å². The average molecular weight is 837 g/mol. The van der Waals surface area contributed by atoms with Crippen molar-refractivity contribution in [1.82, 2.24) is 15.3 Å². The number of ketones is 2. The maximum absolute atomic E-state index is 13.7. The number of aliphatic carboxylic acids is 1. The van der Waals surface area contributed by atoms with E-state index in [0.29, 0.717) is 39.5 Å². The van der Waals surface area contributed by atoms with Crippen molar-refractivity contribution in [2.24, 2.45) is 20.4 Å². The second kappa shape index (κ2) is 15.7. The monoisotopic (exact) mass is 836 g/mol. The van der Waals surface area contributed by atoms with Gasteiger partial charge in [-0.15, -0.1) is 5.11 Å². The molecule has 9 N–H and O–H groups in total. The molecule has 0 atom stereocenters. The summed E-state index contributed by atoms with van der Waals surface area (Å²) in [7, 11) is -10.2. The van der Waals surface area contributed by atoms with E-state index in [-0.39, 0.29) is 23.5 Å². The van der Waals surface area contributed by atoms with E-state index in [2.05, 4.69) is 46.6 Å². The highest BCUT2D eigenvalue weighted by Gasteiger charge is 2.37. The fourth-order valence-electron chi connectivity index (χ4n) is 5.76. The van der Waals surface area contributed by atoms with Gasteiger partial charge in [0.1, 0.15) is 33.6 Å². The van der Waals surface area contributed by atoms with Crippen LogP contribution in [0.15, 0.2) is 133 Å². The number of aromatic nitrogens is 2. The number of H-pyrrole nitrogens is 1. The zero-order chi connectivity index (χ0) is 42.1. The molecular weight excluding hydrogens is 809 g/mol. The predicted octanol–water partition coefficient (Wildman–Crippen LogP) is 4.83. The molecule has 0 amide bonds. The molecule has 1 heterocycles. The minimum Gasteiger partial charge on any atom is -0.480 e. The molecule has 0 bridgehead atoms. The molecule has 0 spiro atoms. The molecule has 2 aliphatic carbocycles. The van der Waals surface area contributed by atoms with Crippen molar-refractivity contribution in [3.8, 4) is 11.4 Å². The molecule has 0 radical (unpaired) electrons. The molecular formula is C37H28N10O10S2. The van der Waals surface area contributed by atoms with Crippen LogP contribution in [0, 0.1) is 0 Å². The summed E-state index contributed by atoms with van der Waals surface area (Å²) in [5, 5.41) is 27.5. The van der Waals surface area contributed by atoms with E-state index in [4.69, 9.17) is 10.8 Å². The fourth-order valence-corrected chi connectivity index (χ4v) is 7.09. The third-order valence-corrected chi connectivity index (χ3v) is 10.3. The smallest absolute Gasteiger partial charge is 0.322 e. The number of nitrogens with two attached hydrogens (primary N) is 1. The van der Waals surface area contributed by atoms with Gasteiger partial charge in [-0.1, -0.05) is 18.2 Å². The number of carbonyl (C=O) groups excluding carboxylic acids is 2. The molecule has 0 unspecified atom stereocenters. The number of carbonyl (C=O) groups is 3. The Kier molecular flexibility index (Phi) is 10.5. The van der Waals surface area contributed by atoms with Gasteiger partial charge in [0.05, 0.1) is 39.3 Å². The predicted molar refractivity (Wildman–Crippen MR) is 217 cm³/mol. The van der Waals surface area contributed by atoms with Crippen LogP contribution in [0.25, 0.3) is 28.5 Å². The van der Waals surface area contributed by atoms with Crippen molar-refractivity contribution in [2.75, 3.05) is 23.1 Å². The van der Waals surface area contributed by atoms with Crippen LogP contribution >= 0.6 is 0 Å². The SMILES string of the molecule is Nc1c(N=Nc2ccc(-c3nc4ccc(N/N=C5/C=CC(NCC(=O)O)=CC5=O)cc4[nH]3)cc2)c(S(=O)(=O)O)cc2c1C(=O)/C(=N/Nc1ccccc1)C(S(=O)(=O)O)=C2. The number of azo groups is 1. The van der Waals surface area contributed by atoms with E-state index < -0.39 is 70.2 Å². The zero-order valence-corrected chi connectivity index (χ0v) is 31.5. The molecule has 0 aliphatic heterocycles. The molecule has 5 aromatic rings. The Morgan fingerprint density at radius 1 is 0.831 bits per heavy atom. The van der Waals surface area contributed by atoms with Gasteiger partial charge in [0.2, 0.25) is 11.6 Å². The first-order valence-corrected chi connectivity index (χ1v) is 19.8. The first-order valence-electron chi connectivity index (χ1n) is 16.9. The number of hydrogen-bond donors (Lipinski definition) is 8. The Hall–Kier alpha value is -7.66. The van der Waals surface area contributed by atoms with Crippen molar-refractivity contribution >= 4 is 94.7 Å². The first-order chi connectivity index (χ1) is 28.0. The van der Waals surface area contributed by atoms with Crippen LogP contribution in [-0.4, -0.2) is 76.5 Å². The Morgan fingerprint density at radius 3 is 2.24 bits per heavy atom. The number of nitrogens with zero attached hydrogens (tertiary/aromatic N) is 5. The normalized spacial score (nSPS) is 15.7. The van der Waals surface area contributed by atoms with Crippen LogP contribution in [0.1, 0.15) is 15.9 Å². The Balaban J connectivity index is 1.13. The van der Waals surface area contributed by atoms with Crippen LogP contribution in [0.2, 0.25) is 0 Å². The number of aromatic amines is 1. The first kappa shape index (κ1) is 39.6. The number of hydrazone groups is 2. The highest BCUT2D eigenvalue weighted by atomic mass is 32.2. The summed E-state index contributed by atoms with van der Waals surface area (Å²) in [6, 6.07) is 20.4. The van der Waals surface area contributed by atoms with E-state index in [0.717, 1.165) is 12.1 Å². The second-order valence-corrected chi connectivity index (χ2v) is 15.3. The molecule has 22 heteroatoms. The third-order valence-electron chi connectivity index (χ3n) is 8.52. The average Bonchev–Trinajstić information content (AvgIpc) is 3.62. The van der Waals surface area contributed by atoms with Gasteiger partial charge < -0.3 is 21.1 Å². The molecule has 7 rings (SSSR count). The summed E-state index contributed by atoms with van der Waals surface area (Å²) in [5.74, 6) is -2.13. The topological polar surface area (TPSA) is 320 Å². The lowest BCUT2D eigenvalue weighted by atomic mass is 9.92. The molecule has 2 aliphatic rings. The maximum Gasteiger partial charge on any atom is 0.322 e.